The Morgan fingerprint density at radius 3 is 3.00 bits per heavy atom. The Bertz CT molecular complexity index is 581. The van der Waals surface area contributed by atoms with E-state index in [2.05, 4.69) is 10.1 Å². The fraction of sp³-hybridized carbons (Fsp3) is 0.333. The Labute approximate surface area is 97.6 Å². The molecular weight excluding hydrogens is 221 g/mol. The Morgan fingerprint density at radius 1 is 1.47 bits per heavy atom. The van der Waals surface area contributed by atoms with Gasteiger partial charge in [-0.15, -0.1) is 0 Å². The van der Waals surface area contributed by atoms with Crippen molar-refractivity contribution in [3.8, 4) is 0 Å². The molecule has 3 rings (SSSR count). The van der Waals surface area contributed by atoms with Crippen LogP contribution >= 0.6 is 0 Å². The molecule has 0 saturated heterocycles. The number of rotatable bonds is 1. The molecule has 0 fully saturated rings. The summed E-state index contributed by atoms with van der Waals surface area (Å²) >= 11 is 0. The topological polar surface area (TPSA) is 64.9 Å². The maximum absolute atomic E-state index is 13.1. The van der Waals surface area contributed by atoms with E-state index in [0.29, 0.717) is 18.1 Å². The molecule has 1 aliphatic carbocycles. The second kappa shape index (κ2) is 3.37. The van der Waals surface area contributed by atoms with Crippen molar-refractivity contribution in [1.29, 1.82) is 0 Å². The van der Waals surface area contributed by atoms with Crippen molar-refractivity contribution in [2.75, 3.05) is 0 Å². The predicted octanol–water partition coefficient (Wildman–Crippen LogP) is 1.67. The highest BCUT2D eigenvalue weighted by atomic mass is 19.1. The van der Waals surface area contributed by atoms with E-state index in [0.717, 1.165) is 17.5 Å². The lowest BCUT2D eigenvalue weighted by molar-refractivity contribution is 0.371. The van der Waals surface area contributed by atoms with Crippen LogP contribution < -0.4 is 5.73 Å². The van der Waals surface area contributed by atoms with Gasteiger partial charge in [-0.1, -0.05) is 11.2 Å². The lowest BCUT2D eigenvalue weighted by Crippen LogP contribution is -2.36. The Morgan fingerprint density at radius 2 is 2.29 bits per heavy atom. The molecule has 1 aromatic heterocycles. The normalized spacial score (nSPS) is 22.8. The highest BCUT2D eigenvalue weighted by Crippen LogP contribution is 2.38. The molecule has 2 N–H and O–H groups in total. The fourth-order valence-electron chi connectivity index (χ4n) is 2.38. The quantitative estimate of drug-likeness (QED) is 0.813. The van der Waals surface area contributed by atoms with Gasteiger partial charge in [0.1, 0.15) is 11.4 Å². The monoisotopic (exact) mass is 233 g/mol. The molecule has 4 nitrogen and oxygen atoms in total. The number of benzene rings is 1. The van der Waals surface area contributed by atoms with Crippen LogP contribution in [0.2, 0.25) is 0 Å². The summed E-state index contributed by atoms with van der Waals surface area (Å²) < 4.78 is 18.1. The van der Waals surface area contributed by atoms with Crippen LogP contribution in [-0.4, -0.2) is 10.1 Å². The maximum atomic E-state index is 13.1. The highest BCUT2D eigenvalue weighted by Gasteiger charge is 2.40. The molecule has 17 heavy (non-hydrogen) atoms. The van der Waals surface area contributed by atoms with Crippen LogP contribution in [0.5, 0.6) is 0 Å². The van der Waals surface area contributed by atoms with E-state index in [1.807, 2.05) is 0 Å². The third kappa shape index (κ3) is 1.46. The first-order valence-electron chi connectivity index (χ1n) is 5.48. The van der Waals surface area contributed by atoms with Crippen LogP contribution in [-0.2, 0) is 12.0 Å². The minimum atomic E-state index is -0.749. The minimum absolute atomic E-state index is 0.239. The zero-order valence-electron chi connectivity index (χ0n) is 9.40. The van der Waals surface area contributed by atoms with Crippen LogP contribution in [0.25, 0.3) is 0 Å². The second-order valence-electron chi connectivity index (χ2n) is 4.41. The van der Waals surface area contributed by atoms with Crippen molar-refractivity contribution in [2.45, 2.75) is 25.3 Å². The third-order valence-electron chi connectivity index (χ3n) is 3.26. The van der Waals surface area contributed by atoms with E-state index >= 15 is 0 Å². The van der Waals surface area contributed by atoms with Crippen molar-refractivity contribution in [1.82, 2.24) is 10.1 Å². The summed E-state index contributed by atoms with van der Waals surface area (Å²) in [4.78, 5) is 4.19. The van der Waals surface area contributed by atoms with Crippen LogP contribution in [0.15, 0.2) is 22.7 Å². The Kier molecular flexibility index (Phi) is 2.06. The summed E-state index contributed by atoms with van der Waals surface area (Å²) in [5.74, 6) is 0.720. The van der Waals surface area contributed by atoms with Crippen molar-refractivity contribution < 1.29 is 8.91 Å². The van der Waals surface area contributed by atoms with Crippen LogP contribution in [0.4, 0.5) is 4.39 Å². The molecule has 5 heteroatoms. The molecule has 0 spiro atoms. The van der Waals surface area contributed by atoms with E-state index in [1.54, 1.807) is 13.0 Å². The van der Waals surface area contributed by atoms with Gasteiger partial charge in [0.25, 0.3) is 0 Å². The van der Waals surface area contributed by atoms with Gasteiger partial charge >= 0.3 is 0 Å². The predicted molar refractivity (Wildman–Crippen MR) is 58.7 cm³/mol. The summed E-state index contributed by atoms with van der Waals surface area (Å²) in [7, 11) is 0. The summed E-state index contributed by atoms with van der Waals surface area (Å²) in [6.07, 6.45) is 1.40. The lowest BCUT2D eigenvalue weighted by atomic mass is 9.92. The number of nitrogens with zero attached hydrogens (tertiary/aromatic N) is 2. The lowest BCUT2D eigenvalue weighted by Gasteiger charge is -2.20. The summed E-state index contributed by atoms with van der Waals surface area (Å²) in [5, 5.41) is 3.89. The molecule has 0 saturated carbocycles. The molecule has 0 amide bonds. The summed E-state index contributed by atoms with van der Waals surface area (Å²) in [6, 6.07) is 4.65. The fourth-order valence-corrected chi connectivity index (χ4v) is 2.38. The van der Waals surface area contributed by atoms with E-state index in [4.69, 9.17) is 10.3 Å². The van der Waals surface area contributed by atoms with Gasteiger partial charge in [-0.3, -0.25) is 0 Å². The number of aryl methyl sites for hydroxylation is 2. The number of hydrogen-bond acceptors (Lipinski definition) is 4. The molecule has 1 atom stereocenters. The average molecular weight is 233 g/mol. The van der Waals surface area contributed by atoms with E-state index in [1.165, 1.54) is 12.1 Å². The first-order chi connectivity index (χ1) is 8.09. The van der Waals surface area contributed by atoms with Gasteiger partial charge in [0, 0.05) is 6.92 Å². The van der Waals surface area contributed by atoms with Gasteiger partial charge in [-0.25, -0.2) is 4.39 Å². The van der Waals surface area contributed by atoms with Crippen molar-refractivity contribution in [3.63, 3.8) is 0 Å². The second-order valence-corrected chi connectivity index (χ2v) is 4.41. The van der Waals surface area contributed by atoms with E-state index in [9.17, 15) is 4.39 Å². The van der Waals surface area contributed by atoms with Crippen molar-refractivity contribution in [3.05, 3.63) is 46.9 Å². The van der Waals surface area contributed by atoms with Crippen LogP contribution in [0, 0.1) is 12.7 Å². The van der Waals surface area contributed by atoms with Gasteiger partial charge in [-0.05, 0) is 36.1 Å². The van der Waals surface area contributed by atoms with Crippen molar-refractivity contribution >= 4 is 0 Å². The van der Waals surface area contributed by atoms with Gasteiger partial charge in [0.05, 0.1) is 0 Å². The van der Waals surface area contributed by atoms with Crippen molar-refractivity contribution in [2.24, 2.45) is 5.73 Å². The first kappa shape index (κ1) is 10.4. The number of halogens is 1. The zero-order valence-corrected chi connectivity index (χ0v) is 9.40. The van der Waals surface area contributed by atoms with Crippen LogP contribution in [0.1, 0.15) is 29.3 Å². The van der Waals surface area contributed by atoms with E-state index in [-0.39, 0.29) is 5.82 Å². The van der Waals surface area contributed by atoms with E-state index < -0.39 is 5.54 Å². The standard InChI is InChI=1S/C12H12FN3O/c1-7-15-11(16-17-7)12(14)5-4-8-6-9(13)2-3-10(8)12/h2-3,6H,4-5,14H2,1H3. The number of nitrogens with two attached hydrogens (primary N) is 1. The minimum Gasteiger partial charge on any atom is -0.340 e. The first-order valence-corrected chi connectivity index (χ1v) is 5.48. The smallest absolute Gasteiger partial charge is 0.223 e. The molecule has 0 aliphatic heterocycles. The molecule has 2 aromatic rings. The summed E-state index contributed by atoms with van der Waals surface area (Å²) in [6.45, 7) is 1.72. The molecule has 0 radical (unpaired) electrons. The molecule has 88 valence electrons. The number of aromatic nitrogens is 2. The van der Waals surface area contributed by atoms with Gasteiger partial charge in [0.2, 0.25) is 5.89 Å². The molecule has 0 bridgehead atoms. The SMILES string of the molecule is Cc1nc(C2(N)CCc3cc(F)ccc32)no1. The molecular formula is C12H12FN3O. The molecule has 1 aromatic carbocycles. The number of fused-ring (bicyclic) bond motifs is 1. The van der Waals surface area contributed by atoms with Gasteiger partial charge < -0.3 is 10.3 Å². The largest absolute Gasteiger partial charge is 0.340 e. The summed E-state index contributed by atoms with van der Waals surface area (Å²) in [5.41, 5.74) is 7.41. The maximum Gasteiger partial charge on any atom is 0.223 e. The third-order valence-corrected chi connectivity index (χ3v) is 3.26. The average Bonchev–Trinajstić information content (AvgIpc) is 2.85. The molecule has 1 heterocycles. The molecule has 1 unspecified atom stereocenters. The van der Waals surface area contributed by atoms with Gasteiger partial charge in [0.15, 0.2) is 5.82 Å². The number of hydrogen-bond donors (Lipinski definition) is 1. The molecule has 1 aliphatic rings. The van der Waals surface area contributed by atoms with Gasteiger partial charge in [-0.2, -0.15) is 4.98 Å². The Hall–Kier alpha value is -1.75. The Balaban J connectivity index is 2.13. The zero-order chi connectivity index (χ0) is 12.0. The highest BCUT2D eigenvalue weighted by molar-refractivity contribution is 5.43. The van der Waals surface area contributed by atoms with Crippen LogP contribution in [0.3, 0.4) is 0 Å².